The number of hydrogen-bond acceptors (Lipinski definition) is 0. The van der Waals surface area contributed by atoms with Gasteiger partial charge in [-0.3, -0.25) is 0 Å². The van der Waals surface area contributed by atoms with Crippen LogP contribution in [-0.2, 0) is 6.42 Å². The molecule has 0 bridgehead atoms. The molecule has 3 aromatic carbocycles. The summed E-state index contributed by atoms with van der Waals surface area (Å²) in [6, 6.07) is 28.6. The predicted molar refractivity (Wildman–Crippen MR) is 119 cm³/mol. The summed E-state index contributed by atoms with van der Waals surface area (Å²) in [5, 5.41) is 1.36. The largest absolute Gasteiger partial charge is 0.313 e. The van der Waals surface area contributed by atoms with Crippen molar-refractivity contribution in [2.75, 3.05) is 0 Å². The monoisotopic (exact) mass is 363 g/mol. The molecule has 0 fully saturated rings. The first-order valence-electron chi connectivity index (χ1n) is 10.2. The van der Waals surface area contributed by atoms with Crippen LogP contribution in [-0.4, -0.2) is 4.57 Å². The maximum atomic E-state index is 2.48. The van der Waals surface area contributed by atoms with Crippen LogP contribution >= 0.6 is 0 Å². The maximum Gasteiger partial charge on any atom is 0.0540 e. The van der Waals surface area contributed by atoms with Crippen molar-refractivity contribution in [2.24, 2.45) is 0 Å². The third kappa shape index (κ3) is 2.97. The van der Waals surface area contributed by atoms with E-state index in [2.05, 4.69) is 103 Å². The normalized spacial score (nSPS) is 16.5. The van der Waals surface area contributed by atoms with Gasteiger partial charge in [0, 0.05) is 28.2 Å². The van der Waals surface area contributed by atoms with Crippen molar-refractivity contribution in [3.05, 3.63) is 107 Å². The molecule has 0 saturated heterocycles. The molecule has 5 rings (SSSR count). The number of aryl methyl sites for hydroxylation is 1. The first-order valence-corrected chi connectivity index (χ1v) is 10.2. The van der Waals surface area contributed by atoms with E-state index in [0.717, 1.165) is 6.42 Å². The fourth-order valence-corrected chi connectivity index (χ4v) is 4.56. The Morgan fingerprint density at radius 3 is 2.39 bits per heavy atom. The smallest absolute Gasteiger partial charge is 0.0540 e. The molecule has 0 N–H and O–H groups in total. The van der Waals surface area contributed by atoms with E-state index in [4.69, 9.17) is 0 Å². The van der Waals surface area contributed by atoms with Crippen LogP contribution in [0.25, 0.3) is 22.7 Å². The van der Waals surface area contributed by atoms with Gasteiger partial charge < -0.3 is 4.57 Å². The Hall–Kier alpha value is -3.06. The molecule has 4 aromatic rings. The zero-order valence-corrected chi connectivity index (χ0v) is 16.3. The highest BCUT2D eigenvalue weighted by atomic mass is 15.0. The van der Waals surface area contributed by atoms with Crippen LogP contribution < -0.4 is 0 Å². The zero-order chi connectivity index (χ0) is 18.9. The summed E-state index contributed by atoms with van der Waals surface area (Å²) < 4.78 is 2.48. The molecule has 0 saturated carbocycles. The number of fused-ring (bicyclic) bond motifs is 3. The minimum Gasteiger partial charge on any atom is -0.313 e. The van der Waals surface area contributed by atoms with Gasteiger partial charge in [-0.2, -0.15) is 0 Å². The van der Waals surface area contributed by atoms with Crippen molar-refractivity contribution >= 4 is 17.0 Å². The van der Waals surface area contributed by atoms with Crippen molar-refractivity contribution in [1.82, 2.24) is 4.57 Å². The molecule has 28 heavy (non-hydrogen) atoms. The van der Waals surface area contributed by atoms with Gasteiger partial charge in [0.2, 0.25) is 0 Å². The van der Waals surface area contributed by atoms with Gasteiger partial charge in [0.15, 0.2) is 0 Å². The van der Waals surface area contributed by atoms with E-state index in [0.29, 0.717) is 5.92 Å². The number of rotatable bonds is 2. The van der Waals surface area contributed by atoms with Crippen LogP contribution in [0.1, 0.15) is 41.1 Å². The van der Waals surface area contributed by atoms with Crippen molar-refractivity contribution in [3.8, 4) is 5.69 Å². The molecule has 1 aliphatic carbocycles. The van der Waals surface area contributed by atoms with Gasteiger partial charge in [-0.05, 0) is 55.5 Å². The molecule has 1 atom stereocenters. The van der Waals surface area contributed by atoms with Gasteiger partial charge in [-0.1, -0.05) is 72.8 Å². The lowest BCUT2D eigenvalue weighted by Crippen LogP contribution is -2.05. The molecular formula is C27H25N. The second-order valence-electron chi connectivity index (χ2n) is 7.82. The summed E-state index contributed by atoms with van der Waals surface area (Å²) in [6.07, 6.45) is 8.28. The lowest BCUT2D eigenvalue weighted by molar-refractivity contribution is 0.661. The van der Waals surface area contributed by atoms with Gasteiger partial charge in [-0.15, -0.1) is 0 Å². The minimum absolute atomic E-state index is 0.495. The van der Waals surface area contributed by atoms with Crippen molar-refractivity contribution < 1.29 is 0 Å². The molecule has 0 radical (unpaired) electrons. The van der Waals surface area contributed by atoms with E-state index in [9.17, 15) is 0 Å². The molecule has 1 unspecified atom stereocenters. The Kier molecular flexibility index (Phi) is 4.37. The Labute approximate surface area is 167 Å². The summed E-state index contributed by atoms with van der Waals surface area (Å²) in [7, 11) is 0. The van der Waals surface area contributed by atoms with E-state index >= 15 is 0 Å². The molecule has 1 heteroatoms. The van der Waals surface area contributed by atoms with Crippen molar-refractivity contribution in [2.45, 2.75) is 32.1 Å². The van der Waals surface area contributed by atoms with Crippen LogP contribution in [0.5, 0.6) is 0 Å². The lowest BCUT2D eigenvalue weighted by atomic mass is 9.89. The highest BCUT2D eigenvalue weighted by molar-refractivity contribution is 5.93. The summed E-state index contributed by atoms with van der Waals surface area (Å²) in [5.41, 5.74) is 8.13. The summed E-state index contributed by atoms with van der Waals surface area (Å²) in [6.45, 7) is 2.18. The summed E-state index contributed by atoms with van der Waals surface area (Å²) in [5.74, 6) is 0.495. The first-order chi connectivity index (χ1) is 13.8. The highest BCUT2D eigenvalue weighted by Crippen LogP contribution is 2.36. The van der Waals surface area contributed by atoms with E-state index in [-0.39, 0.29) is 0 Å². The zero-order valence-electron chi connectivity index (χ0n) is 16.3. The Balaban J connectivity index is 1.70. The number of benzene rings is 3. The van der Waals surface area contributed by atoms with E-state index in [1.54, 1.807) is 0 Å². The summed E-state index contributed by atoms with van der Waals surface area (Å²) in [4.78, 5) is 0. The molecule has 1 aromatic heterocycles. The molecule has 0 spiro atoms. The van der Waals surface area contributed by atoms with Crippen LogP contribution in [0.2, 0.25) is 0 Å². The van der Waals surface area contributed by atoms with E-state index in [1.807, 2.05) is 0 Å². The van der Waals surface area contributed by atoms with E-state index < -0.39 is 0 Å². The van der Waals surface area contributed by atoms with E-state index in [1.165, 1.54) is 51.8 Å². The quantitative estimate of drug-likeness (QED) is 0.359. The van der Waals surface area contributed by atoms with Gasteiger partial charge in [-0.25, -0.2) is 0 Å². The molecule has 0 aliphatic heterocycles. The Bertz CT molecular complexity index is 1130. The third-order valence-corrected chi connectivity index (χ3v) is 5.93. The second kappa shape index (κ2) is 7.16. The number of hydrogen-bond donors (Lipinski definition) is 0. The fraction of sp³-hybridized carbons (Fsp3) is 0.185. The predicted octanol–water partition coefficient (Wildman–Crippen LogP) is 7.07. The molecule has 1 nitrogen and oxygen atoms in total. The molecule has 0 amide bonds. The van der Waals surface area contributed by atoms with Gasteiger partial charge in [0.05, 0.1) is 5.52 Å². The fourth-order valence-electron chi connectivity index (χ4n) is 4.56. The standard InChI is InChI=1S/C27H25N/c1-20-15-17-25-24-18-16-22(21-9-4-2-5-10-21)11-8-14-26(24)28(27(25)19-20)23-12-6-3-7-13-23/h2-7,9-10,12-13,15-19,22H,8,11,14H2,1H3. The lowest BCUT2D eigenvalue weighted by Gasteiger charge is -2.18. The highest BCUT2D eigenvalue weighted by Gasteiger charge is 2.20. The molecule has 138 valence electrons. The van der Waals surface area contributed by atoms with Crippen molar-refractivity contribution in [3.63, 3.8) is 0 Å². The Morgan fingerprint density at radius 1 is 0.857 bits per heavy atom. The second-order valence-corrected chi connectivity index (χ2v) is 7.82. The molecular weight excluding hydrogens is 338 g/mol. The van der Waals surface area contributed by atoms with Gasteiger partial charge in [0.1, 0.15) is 0 Å². The van der Waals surface area contributed by atoms with Crippen molar-refractivity contribution in [1.29, 1.82) is 0 Å². The maximum absolute atomic E-state index is 2.48. The average molecular weight is 364 g/mol. The average Bonchev–Trinajstić information content (AvgIpc) is 3.01. The van der Waals surface area contributed by atoms with Crippen LogP contribution in [0.3, 0.4) is 0 Å². The van der Waals surface area contributed by atoms with Crippen LogP contribution in [0, 0.1) is 6.92 Å². The van der Waals surface area contributed by atoms with Gasteiger partial charge >= 0.3 is 0 Å². The number of nitrogens with zero attached hydrogens (tertiary/aromatic N) is 1. The topological polar surface area (TPSA) is 4.93 Å². The minimum atomic E-state index is 0.495. The molecule has 1 heterocycles. The summed E-state index contributed by atoms with van der Waals surface area (Å²) >= 11 is 0. The first kappa shape index (κ1) is 17.1. The van der Waals surface area contributed by atoms with Crippen LogP contribution in [0.4, 0.5) is 0 Å². The molecule has 1 aliphatic rings. The number of para-hydroxylation sites is 1. The third-order valence-electron chi connectivity index (χ3n) is 5.93. The number of aromatic nitrogens is 1. The van der Waals surface area contributed by atoms with Crippen LogP contribution in [0.15, 0.2) is 84.9 Å². The SMILES string of the molecule is Cc1ccc2c3c(n(-c4ccccc4)c2c1)CCCC(c1ccccc1)C=C3. The Morgan fingerprint density at radius 2 is 1.61 bits per heavy atom. The van der Waals surface area contributed by atoms with Gasteiger partial charge in [0.25, 0.3) is 0 Å². The number of allylic oxidation sites excluding steroid dienone is 1.